The SMILES string of the molecule is CC(C)(C)NC(=O)On1cccc1. The minimum atomic E-state index is -0.455. The van der Waals surface area contributed by atoms with Crippen LogP contribution in [0.2, 0.25) is 0 Å². The van der Waals surface area contributed by atoms with Crippen molar-refractivity contribution in [3.8, 4) is 0 Å². The highest BCUT2D eigenvalue weighted by molar-refractivity contribution is 5.68. The van der Waals surface area contributed by atoms with E-state index in [1.807, 2.05) is 20.8 Å². The van der Waals surface area contributed by atoms with E-state index in [2.05, 4.69) is 5.32 Å². The van der Waals surface area contributed by atoms with Crippen LogP contribution in [0.25, 0.3) is 0 Å². The van der Waals surface area contributed by atoms with Gasteiger partial charge < -0.3 is 10.2 Å². The maximum absolute atomic E-state index is 11.2. The van der Waals surface area contributed by atoms with Gasteiger partial charge in [-0.3, -0.25) is 0 Å². The molecule has 1 N–H and O–H groups in total. The molecule has 0 spiro atoms. The summed E-state index contributed by atoms with van der Waals surface area (Å²) >= 11 is 0. The number of carbonyl (C=O) groups excluding carboxylic acids is 1. The van der Waals surface area contributed by atoms with Crippen LogP contribution in [0, 0.1) is 0 Å². The minimum absolute atomic E-state index is 0.274. The van der Waals surface area contributed by atoms with Crippen LogP contribution in [-0.4, -0.2) is 16.4 Å². The molecule has 4 nitrogen and oxygen atoms in total. The zero-order valence-corrected chi connectivity index (χ0v) is 8.07. The summed E-state index contributed by atoms with van der Waals surface area (Å²) in [6, 6.07) is 3.56. The van der Waals surface area contributed by atoms with E-state index in [0.717, 1.165) is 0 Å². The zero-order valence-electron chi connectivity index (χ0n) is 8.07. The van der Waals surface area contributed by atoms with Crippen molar-refractivity contribution in [2.75, 3.05) is 0 Å². The van der Waals surface area contributed by atoms with E-state index in [1.54, 1.807) is 24.5 Å². The van der Waals surface area contributed by atoms with Crippen molar-refractivity contribution < 1.29 is 9.63 Å². The Labute approximate surface area is 77.5 Å². The van der Waals surface area contributed by atoms with Gasteiger partial charge in [-0.05, 0) is 32.9 Å². The molecule has 0 fully saturated rings. The highest BCUT2D eigenvalue weighted by Gasteiger charge is 2.14. The molecule has 0 unspecified atom stereocenters. The van der Waals surface area contributed by atoms with Gasteiger partial charge in [-0.15, -0.1) is 0 Å². The number of carbonyl (C=O) groups is 1. The van der Waals surface area contributed by atoms with Crippen LogP contribution in [0.3, 0.4) is 0 Å². The summed E-state index contributed by atoms with van der Waals surface area (Å²) in [4.78, 5) is 16.1. The lowest BCUT2D eigenvalue weighted by molar-refractivity contribution is 0.126. The van der Waals surface area contributed by atoms with Crippen LogP contribution >= 0.6 is 0 Å². The van der Waals surface area contributed by atoms with Gasteiger partial charge in [0.25, 0.3) is 0 Å². The molecule has 13 heavy (non-hydrogen) atoms. The largest absolute Gasteiger partial charge is 0.432 e. The molecule has 0 atom stereocenters. The third-order valence-electron chi connectivity index (χ3n) is 1.24. The van der Waals surface area contributed by atoms with E-state index in [1.165, 1.54) is 4.73 Å². The van der Waals surface area contributed by atoms with Crippen LogP contribution < -0.4 is 10.2 Å². The van der Waals surface area contributed by atoms with Crippen LogP contribution in [0.4, 0.5) is 4.79 Å². The molecule has 1 amide bonds. The van der Waals surface area contributed by atoms with Gasteiger partial charge in [-0.1, -0.05) is 0 Å². The molecule has 0 aliphatic carbocycles. The molecular weight excluding hydrogens is 168 g/mol. The van der Waals surface area contributed by atoms with E-state index < -0.39 is 6.09 Å². The molecule has 0 saturated carbocycles. The predicted molar refractivity (Wildman–Crippen MR) is 49.3 cm³/mol. The van der Waals surface area contributed by atoms with Gasteiger partial charge in [0, 0.05) is 17.9 Å². The highest BCUT2D eigenvalue weighted by atomic mass is 16.7. The Morgan fingerprint density at radius 2 is 1.85 bits per heavy atom. The molecule has 1 rings (SSSR count). The number of amides is 1. The molecule has 0 saturated heterocycles. The predicted octanol–water partition coefficient (Wildman–Crippen LogP) is 1.42. The number of aromatic nitrogens is 1. The molecule has 1 heterocycles. The molecule has 1 aromatic rings. The first kappa shape index (κ1) is 9.64. The van der Waals surface area contributed by atoms with Crippen molar-refractivity contribution in [1.29, 1.82) is 0 Å². The lowest BCUT2D eigenvalue weighted by Crippen LogP contribution is -2.44. The average molecular weight is 182 g/mol. The van der Waals surface area contributed by atoms with Crippen molar-refractivity contribution in [1.82, 2.24) is 10.0 Å². The molecule has 0 aliphatic heterocycles. The molecule has 1 aromatic heterocycles. The molecular formula is C9H14N2O2. The van der Waals surface area contributed by atoms with E-state index in [-0.39, 0.29) is 5.54 Å². The Balaban J connectivity index is 2.43. The normalized spacial score (nSPS) is 11.0. The lowest BCUT2D eigenvalue weighted by atomic mass is 10.1. The molecule has 0 bridgehead atoms. The average Bonchev–Trinajstić information content (AvgIpc) is 2.34. The van der Waals surface area contributed by atoms with Crippen LogP contribution in [0.15, 0.2) is 24.5 Å². The third kappa shape index (κ3) is 3.64. The monoisotopic (exact) mass is 182 g/mol. The molecule has 4 heteroatoms. The Morgan fingerprint density at radius 3 is 2.31 bits per heavy atom. The van der Waals surface area contributed by atoms with E-state index in [0.29, 0.717) is 0 Å². The molecule has 0 aromatic carbocycles. The fraction of sp³-hybridized carbons (Fsp3) is 0.444. The Morgan fingerprint density at radius 1 is 1.31 bits per heavy atom. The third-order valence-corrected chi connectivity index (χ3v) is 1.24. The first-order valence-electron chi connectivity index (χ1n) is 4.11. The second-order valence-electron chi connectivity index (χ2n) is 3.80. The van der Waals surface area contributed by atoms with Crippen molar-refractivity contribution in [2.45, 2.75) is 26.3 Å². The smallest absolute Gasteiger partial charge is 0.318 e. The topological polar surface area (TPSA) is 43.3 Å². The summed E-state index contributed by atoms with van der Waals surface area (Å²) in [7, 11) is 0. The zero-order chi connectivity index (χ0) is 9.90. The van der Waals surface area contributed by atoms with Gasteiger partial charge in [0.2, 0.25) is 0 Å². The Bertz CT molecular complexity index is 272. The second kappa shape index (κ2) is 3.51. The Kier molecular flexibility index (Phi) is 2.60. The minimum Gasteiger partial charge on any atom is -0.318 e. The van der Waals surface area contributed by atoms with Crippen LogP contribution in [0.5, 0.6) is 0 Å². The fourth-order valence-corrected chi connectivity index (χ4v) is 0.804. The van der Waals surface area contributed by atoms with E-state index in [9.17, 15) is 4.79 Å². The van der Waals surface area contributed by atoms with Crippen molar-refractivity contribution in [3.05, 3.63) is 24.5 Å². The maximum atomic E-state index is 11.2. The number of hydrogen-bond acceptors (Lipinski definition) is 2. The number of hydrogen-bond donors (Lipinski definition) is 1. The summed E-state index contributed by atoms with van der Waals surface area (Å²) in [5, 5.41) is 2.68. The summed E-state index contributed by atoms with van der Waals surface area (Å²) in [5.41, 5.74) is -0.274. The van der Waals surface area contributed by atoms with Gasteiger partial charge in [0.1, 0.15) is 0 Å². The van der Waals surface area contributed by atoms with E-state index >= 15 is 0 Å². The van der Waals surface area contributed by atoms with Gasteiger partial charge in [-0.2, -0.15) is 4.73 Å². The number of nitrogens with one attached hydrogen (secondary N) is 1. The van der Waals surface area contributed by atoms with Crippen LogP contribution in [-0.2, 0) is 0 Å². The fourth-order valence-electron chi connectivity index (χ4n) is 0.804. The molecule has 72 valence electrons. The second-order valence-corrected chi connectivity index (χ2v) is 3.80. The quantitative estimate of drug-likeness (QED) is 0.713. The molecule has 0 aliphatic rings. The van der Waals surface area contributed by atoms with Crippen molar-refractivity contribution >= 4 is 6.09 Å². The number of rotatable bonds is 1. The highest BCUT2D eigenvalue weighted by Crippen LogP contribution is 1.98. The van der Waals surface area contributed by atoms with Crippen molar-refractivity contribution in [3.63, 3.8) is 0 Å². The van der Waals surface area contributed by atoms with Gasteiger partial charge in [0.15, 0.2) is 0 Å². The summed E-state index contributed by atoms with van der Waals surface area (Å²) < 4.78 is 1.35. The van der Waals surface area contributed by atoms with Gasteiger partial charge in [-0.25, -0.2) is 4.79 Å². The summed E-state index contributed by atoms with van der Waals surface area (Å²) in [6.07, 6.45) is 2.86. The standard InChI is InChI=1S/C9H14N2O2/c1-9(2,3)10-8(12)13-11-6-4-5-7-11/h4-7H,1-3H3,(H,10,12). The number of nitrogens with zero attached hydrogens (tertiary/aromatic N) is 1. The lowest BCUT2D eigenvalue weighted by Gasteiger charge is -2.19. The first-order valence-corrected chi connectivity index (χ1v) is 4.11. The van der Waals surface area contributed by atoms with E-state index in [4.69, 9.17) is 4.84 Å². The maximum Gasteiger partial charge on any atom is 0.432 e. The Hall–Kier alpha value is -1.45. The summed E-state index contributed by atoms with van der Waals surface area (Å²) in [6.45, 7) is 5.68. The summed E-state index contributed by atoms with van der Waals surface area (Å²) in [5.74, 6) is 0. The van der Waals surface area contributed by atoms with Gasteiger partial charge in [0.05, 0.1) is 0 Å². The van der Waals surface area contributed by atoms with Crippen molar-refractivity contribution in [2.24, 2.45) is 0 Å². The molecule has 0 radical (unpaired) electrons. The van der Waals surface area contributed by atoms with Gasteiger partial charge >= 0.3 is 6.09 Å². The van der Waals surface area contributed by atoms with Crippen LogP contribution in [0.1, 0.15) is 20.8 Å². The first-order chi connectivity index (χ1) is 5.97.